The van der Waals surface area contributed by atoms with Gasteiger partial charge in [0.05, 0.1) is 13.2 Å². The Balaban J connectivity index is 2.26. The van der Waals surface area contributed by atoms with Crippen molar-refractivity contribution in [3.8, 4) is 0 Å². The summed E-state index contributed by atoms with van der Waals surface area (Å²) in [6.45, 7) is 2.96. The molecule has 0 fully saturated rings. The molecule has 1 amide bonds. The fourth-order valence-corrected chi connectivity index (χ4v) is 2.21. The number of ether oxygens (including phenoxy) is 1. The van der Waals surface area contributed by atoms with E-state index in [1.54, 1.807) is 30.8 Å². The highest BCUT2D eigenvalue weighted by molar-refractivity contribution is 7.99. The van der Waals surface area contributed by atoms with Crippen LogP contribution in [0.4, 0.5) is 0 Å². The maximum absolute atomic E-state index is 11.5. The molecule has 0 atom stereocenters. The van der Waals surface area contributed by atoms with Crippen molar-refractivity contribution >= 4 is 17.7 Å². The maximum Gasteiger partial charge on any atom is 0.222 e. The van der Waals surface area contributed by atoms with Gasteiger partial charge in [0.15, 0.2) is 0 Å². The second kappa shape index (κ2) is 9.67. The average Bonchev–Trinajstić information content (AvgIpc) is 2.86. The Morgan fingerprint density at radius 1 is 1.45 bits per heavy atom. The topological polar surface area (TPSA) is 85.2 Å². The van der Waals surface area contributed by atoms with Gasteiger partial charge in [-0.15, -0.1) is 5.10 Å². The minimum atomic E-state index is 0.109. The van der Waals surface area contributed by atoms with E-state index >= 15 is 0 Å². The lowest BCUT2D eigenvalue weighted by Gasteiger charge is -2.09. The Kier molecular flexibility index (Phi) is 8.16. The molecule has 0 aliphatic rings. The number of thioether (sulfide) groups is 1. The second-order valence-electron chi connectivity index (χ2n) is 4.31. The molecule has 0 radical (unpaired) electrons. The number of hydrogen-bond donors (Lipinski definition) is 1. The van der Waals surface area contributed by atoms with Gasteiger partial charge in [-0.1, -0.05) is 11.8 Å². The summed E-state index contributed by atoms with van der Waals surface area (Å²) < 4.78 is 6.69. The standard InChI is InChI=1S/C11H22N6O2S/c1-16(2)10(18)4-9-20-11-13-14-15-17(11)7-5-12-6-8-19-3/h12H,4-9H2,1-3H3. The summed E-state index contributed by atoms with van der Waals surface area (Å²) in [5.74, 6) is 0.784. The number of hydrogen-bond acceptors (Lipinski definition) is 7. The van der Waals surface area contributed by atoms with Crippen molar-refractivity contribution < 1.29 is 9.53 Å². The third kappa shape index (κ3) is 6.31. The van der Waals surface area contributed by atoms with Gasteiger partial charge in [-0.3, -0.25) is 4.79 Å². The van der Waals surface area contributed by atoms with Crippen LogP contribution >= 0.6 is 11.8 Å². The summed E-state index contributed by atoms with van der Waals surface area (Å²) in [4.78, 5) is 13.0. The van der Waals surface area contributed by atoms with E-state index in [1.807, 2.05) is 0 Å². The van der Waals surface area contributed by atoms with Crippen LogP contribution in [0.1, 0.15) is 6.42 Å². The first-order valence-corrected chi connectivity index (χ1v) is 7.42. The van der Waals surface area contributed by atoms with E-state index in [-0.39, 0.29) is 5.91 Å². The second-order valence-corrected chi connectivity index (χ2v) is 5.38. The molecule has 0 aliphatic heterocycles. The van der Waals surface area contributed by atoms with Crippen LogP contribution in [0.25, 0.3) is 0 Å². The molecule has 1 N–H and O–H groups in total. The van der Waals surface area contributed by atoms with Gasteiger partial charge >= 0.3 is 0 Å². The fraction of sp³-hybridized carbons (Fsp3) is 0.818. The lowest BCUT2D eigenvalue weighted by molar-refractivity contribution is -0.128. The SMILES string of the molecule is COCCNCCn1nnnc1SCCC(=O)N(C)C. The van der Waals surface area contributed by atoms with Gasteiger partial charge in [0, 0.05) is 46.5 Å². The van der Waals surface area contributed by atoms with E-state index in [0.717, 1.165) is 18.2 Å². The predicted molar refractivity (Wildman–Crippen MR) is 76.6 cm³/mol. The zero-order valence-corrected chi connectivity index (χ0v) is 13.0. The molecule has 0 bridgehead atoms. The zero-order valence-electron chi connectivity index (χ0n) is 12.2. The number of nitrogens with zero attached hydrogens (tertiary/aromatic N) is 5. The van der Waals surface area contributed by atoms with E-state index < -0.39 is 0 Å². The van der Waals surface area contributed by atoms with Crippen LogP contribution in [0.2, 0.25) is 0 Å². The highest BCUT2D eigenvalue weighted by Crippen LogP contribution is 2.14. The molecule has 1 aromatic rings. The first-order valence-electron chi connectivity index (χ1n) is 6.44. The molecular formula is C11H22N6O2S. The molecule has 8 nitrogen and oxygen atoms in total. The maximum atomic E-state index is 11.5. The molecule has 114 valence electrons. The molecule has 1 aromatic heterocycles. The molecule has 1 heterocycles. The summed E-state index contributed by atoms with van der Waals surface area (Å²) in [6, 6.07) is 0. The molecule has 0 unspecified atom stereocenters. The molecule has 0 saturated carbocycles. The molecule has 1 rings (SSSR count). The summed E-state index contributed by atoms with van der Waals surface area (Å²) >= 11 is 1.49. The monoisotopic (exact) mass is 302 g/mol. The first-order chi connectivity index (χ1) is 9.65. The van der Waals surface area contributed by atoms with Gasteiger partial charge in [-0.25, -0.2) is 4.68 Å². The highest BCUT2D eigenvalue weighted by Gasteiger charge is 2.09. The van der Waals surface area contributed by atoms with Crippen molar-refractivity contribution in [3.05, 3.63) is 0 Å². The number of carbonyl (C=O) groups excluding carboxylic acids is 1. The third-order valence-corrected chi connectivity index (χ3v) is 3.49. The minimum Gasteiger partial charge on any atom is -0.383 e. The van der Waals surface area contributed by atoms with Crippen molar-refractivity contribution in [3.63, 3.8) is 0 Å². The molecule has 0 saturated heterocycles. The Morgan fingerprint density at radius 3 is 2.95 bits per heavy atom. The van der Waals surface area contributed by atoms with E-state index in [9.17, 15) is 4.79 Å². The van der Waals surface area contributed by atoms with E-state index in [2.05, 4.69) is 20.8 Å². The van der Waals surface area contributed by atoms with Crippen molar-refractivity contribution in [1.82, 2.24) is 30.4 Å². The predicted octanol–water partition coefficient (Wildman–Crippen LogP) is -0.520. The lowest BCUT2D eigenvalue weighted by Crippen LogP contribution is -2.24. The third-order valence-electron chi connectivity index (χ3n) is 2.53. The Morgan fingerprint density at radius 2 is 2.25 bits per heavy atom. The normalized spacial score (nSPS) is 10.8. The molecule has 20 heavy (non-hydrogen) atoms. The van der Waals surface area contributed by atoms with Crippen molar-refractivity contribution in [2.24, 2.45) is 0 Å². The van der Waals surface area contributed by atoms with Gasteiger partial charge in [0.1, 0.15) is 0 Å². The van der Waals surface area contributed by atoms with Crippen LogP contribution < -0.4 is 5.32 Å². The summed E-state index contributed by atoms with van der Waals surface area (Å²) in [6.07, 6.45) is 0.483. The number of nitrogens with one attached hydrogen (secondary N) is 1. The van der Waals surface area contributed by atoms with Crippen LogP contribution in [-0.2, 0) is 16.1 Å². The fourth-order valence-electron chi connectivity index (χ4n) is 1.38. The Bertz CT molecular complexity index is 398. The van der Waals surface area contributed by atoms with Crippen molar-refractivity contribution in [2.75, 3.05) is 46.7 Å². The number of methoxy groups -OCH3 is 1. The quantitative estimate of drug-likeness (QED) is 0.460. The highest BCUT2D eigenvalue weighted by atomic mass is 32.2. The smallest absolute Gasteiger partial charge is 0.222 e. The summed E-state index contributed by atoms with van der Waals surface area (Å²) in [5, 5.41) is 15.5. The number of rotatable bonds is 10. The summed E-state index contributed by atoms with van der Waals surface area (Å²) in [5.41, 5.74) is 0. The number of tetrazole rings is 1. The van der Waals surface area contributed by atoms with Gasteiger partial charge in [0.25, 0.3) is 0 Å². The van der Waals surface area contributed by atoms with Crippen LogP contribution in [0.15, 0.2) is 5.16 Å². The molecule has 0 aromatic carbocycles. The van der Waals surface area contributed by atoms with Crippen LogP contribution in [0.5, 0.6) is 0 Å². The van der Waals surface area contributed by atoms with Gasteiger partial charge in [-0.05, 0) is 10.4 Å². The number of carbonyl (C=O) groups is 1. The van der Waals surface area contributed by atoms with Crippen LogP contribution in [0.3, 0.4) is 0 Å². The number of amides is 1. The average molecular weight is 302 g/mol. The van der Waals surface area contributed by atoms with E-state index in [1.165, 1.54) is 11.8 Å². The molecule has 9 heteroatoms. The van der Waals surface area contributed by atoms with Gasteiger partial charge in [-0.2, -0.15) is 0 Å². The van der Waals surface area contributed by atoms with Crippen molar-refractivity contribution in [1.29, 1.82) is 0 Å². The molecule has 0 spiro atoms. The van der Waals surface area contributed by atoms with Gasteiger partial charge in [0.2, 0.25) is 11.1 Å². The zero-order chi connectivity index (χ0) is 14.8. The molecule has 0 aliphatic carbocycles. The lowest BCUT2D eigenvalue weighted by atomic mass is 10.4. The molecular weight excluding hydrogens is 280 g/mol. The van der Waals surface area contributed by atoms with Crippen molar-refractivity contribution in [2.45, 2.75) is 18.1 Å². The summed E-state index contributed by atoms with van der Waals surface area (Å²) in [7, 11) is 5.18. The van der Waals surface area contributed by atoms with Crippen LogP contribution in [0, 0.1) is 0 Å². The Labute approximate surface area is 123 Å². The van der Waals surface area contributed by atoms with E-state index in [4.69, 9.17) is 4.74 Å². The van der Waals surface area contributed by atoms with E-state index in [0.29, 0.717) is 25.3 Å². The first kappa shape index (κ1) is 16.9. The van der Waals surface area contributed by atoms with Gasteiger partial charge < -0.3 is 15.0 Å². The minimum absolute atomic E-state index is 0.109. The Hall–Kier alpha value is -1.19. The largest absolute Gasteiger partial charge is 0.383 e. The number of aromatic nitrogens is 4. The van der Waals surface area contributed by atoms with Crippen LogP contribution in [-0.4, -0.2) is 77.7 Å².